The Kier molecular flexibility index (Phi) is 4.41. The molecule has 0 saturated carbocycles. The van der Waals surface area contributed by atoms with E-state index in [1.165, 1.54) is 0 Å². The summed E-state index contributed by atoms with van der Waals surface area (Å²) >= 11 is 0. The highest BCUT2D eigenvalue weighted by molar-refractivity contribution is 5.78. The predicted molar refractivity (Wildman–Crippen MR) is 84.6 cm³/mol. The lowest BCUT2D eigenvalue weighted by Crippen LogP contribution is -2.48. The molecule has 1 fully saturated rings. The molecule has 2 aromatic rings. The summed E-state index contributed by atoms with van der Waals surface area (Å²) in [4.78, 5) is 31.0. The van der Waals surface area contributed by atoms with Crippen LogP contribution in [0.25, 0.3) is 11.5 Å². The Hall–Kier alpha value is -2.63. The normalized spacial score (nSPS) is 14.8. The van der Waals surface area contributed by atoms with E-state index in [1.807, 2.05) is 37.3 Å². The maximum absolute atomic E-state index is 12.4. The quantitative estimate of drug-likeness (QED) is 0.802. The number of hydrogen-bond donors (Lipinski definition) is 0. The largest absolute Gasteiger partial charge is 0.440 e. The van der Waals surface area contributed by atoms with E-state index in [0.29, 0.717) is 37.8 Å². The molecule has 0 spiro atoms. The predicted octanol–water partition coefficient (Wildman–Crippen LogP) is 1.49. The average Bonchev–Trinajstić information content (AvgIpc) is 2.96. The molecule has 0 bridgehead atoms. The molecule has 0 atom stereocenters. The molecule has 1 aliphatic heterocycles. The Morgan fingerprint density at radius 3 is 2.57 bits per heavy atom. The summed E-state index contributed by atoms with van der Waals surface area (Å²) in [6.45, 7) is 4.15. The van der Waals surface area contributed by atoms with Crippen molar-refractivity contribution in [3.8, 4) is 11.5 Å². The Morgan fingerprint density at radius 2 is 1.91 bits per heavy atom. The molecular formula is C17H19N3O3. The zero-order valence-corrected chi connectivity index (χ0v) is 13.1. The zero-order valence-electron chi connectivity index (χ0n) is 13.1. The SMILES string of the molecule is Cc1nc(-c2ccccc2)oc1CC(=O)N1CCN(C=O)CC1. The second-order valence-electron chi connectivity index (χ2n) is 5.59. The Bertz CT molecular complexity index is 688. The first-order valence-electron chi connectivity index (χ1n) is 7.66. The molecule has 0 N–H and O–H groups in total. The first kappa shape index (κ1) is 15.3. The summed E-state index contributed by atoms with van der Waals surface area (Å²) in [7, 11) is 0. The lowest BCUT2D eigenvalue weighted by molar-refractivity contribution is -0.134. The molecule has 3 rings (SSSR count). The third-order valence-electron chi connectivity index (χ3n) is 4.04. The van der Waals surface area contributed by atoms with E-state index < -0.39 is 0 Å². The number of benzene rings is 1. The molecular weight excluding hydrogens is 294 g/mol. The topological polar surface area (TPSA) is 66.7 Å². The standard InChI is InChI=1S/C17H19N3O3/c1-13-15(23-17(18-13)14-5-3-2-4-6-14)11-16(22)20-9-7-19(12-21)8-10-20/h2-6,12H,7-11H2,1H3. The number of nitrogens with zero attached hydrogens (tertiary/aromatic N) is 3. The van der Waals surface area contributed by atoms with Crippen molar-refractivity contribution in [1.82, 2.24) is 14.8 Å². The minimum Gasteiger partial charge on any atom is -0.440 e. The van der Waals surface area contributed by atoms with Gasteiger partial charge in [0.25, 0.3) is 0 Å². The van der Waals surface area contributed by atoms with Crippen molar-refractivity contribution < 1.29 is 14.0 Å². The first-order valence-corrected chi connectivity index (χ1v) is 7.66. The van der Waals surface area contributed by atoms with Crippen LogP contribution in [0, 0.1) is 6.92 Å². The van der Waals surface area contributed by atoms with E-state index in [4.69, 9.17) is 4.42 Å². The molecule has 0 radical (unpaired) electrons. The van der Waals surface area contributed by atoms with Crippen LogP contribution >= 0.6 is 0 Å². The molecule has 23 heavy (non-hydrogen) atoms. The van der Waals surface area contributed by atoms with Crippen LogP contribution in [-0.4, -0.2) is 53.3 Å². The molecule has 1 saturated heterocycles. The first-order chi connectivity index (χ1) is 11.2. The number of amides is 2. The molecule has 2 heterocycles. The van der Waals surface area contributed by atoms with Gasteiger partial charge in [-0.1, -0.05) is 18.2 Å². The van der Waals surface area contributed by atoms with Crippen LogP contribution in [0.1, 0.15) is 11.5 Å². The summed E-state index contributed by atoms with van der Waals surface area (Å²) in [6, 6.07) is 9.63. The third kappa shape index (κ3) is 3.41. The highest BCUT2D eigenvalue weighted by Gasteiger charge is 2.22. The van der Waals surface area contributed by atoms with E-state index in [1.54, 1.807) is 9.80 Å². The van der Waals surface area contributed by atoms with Crippen LogP contribution in [0.4, 0.5) is 0 Å². The summed E-state index contributed by atoms with van der Waals surface area (Å²) in [5, 5.41) is 0. The van der Waals surface area contributed by atoms with Crippen molar-refractivity contribution in [2.45, 2.75) is 13.3 Å². The van der Waals surface area contributed by atoms with Gasteiger partial charge in [-0.2, -0.15) is 0 Å². The average molecular weight is 313 g/mol. The summed E-state index contributed by atoms with van der Waals surface area (Å²) < 4.78 is 5.78. The van der Waals surface area contributed by atoms with Crippen LogP contribution in [0.15, 0.2) is 34.7 Å². The minimum absolute atomic E-state index is 0.00871. The molecule has 120 valence electrons. The van der Waals surface area contributed by atoms with Crippen molar-refractivity contribution in [2.24, 2.45) is 0 Å². The number of carbonyl (C=O) groups is 2. The number of carbonyl (C=O) groups excluding carboxylic acids is 2. The fourth-order valence-electron chi connectivity index (χ4n) is 2.62. The third-order valence-corrected chi connectivity index (χ3v) is 4.04. The van der Waals surface area contributed by atoms with Crippen molar-refractivity contribution in [3.05, 3.63) is 41.8 Å². The van der Waals surface area contributed by atoms with Crippen molar-refractivity contribution in [3.63, 3.8) is 0 Å². The van der Waals surface area contributed by atoms with Gasteiger partial charge in [-0.15, -0.1) is 0 Å². The Morgan fingerprint density at radius 1 is 1.22 bits per heavy atom. The van der Waals surface area contributed by atoms with Crippen LogP contribution < -0.4 is 0 Å². The van der Waals surface area contributed by atoms with Crippen LogP contribution in [0.5, 0.6) is 0 Å². The van der Waals surface area contributed by atoms with Gasteiger partial charge in [-0.25, -0.2) is 4.98 Å². The van der Waals surface area contributed by atoms with Gasteiger partial charge in [0.1, 0.15) is 5.76 Å². The molecule has 1 aromatic heterocycles. The van der Waals surface area contributed by atoms with E-state index in [2.05, 4.69) is 4.98 Å². The minimum atomic E-state index is 0.00871. The van der Waals surface area contributed by atoms with Crippen molar-refractivity contribution >= 4 is 12.3 Å². The van der Waals surface area contributed by atoms with Crippen LogP contribution in [0.2, 0.25) is 0 Å². The number of piperazine rings is 1. The molecule has 2 amide bonds. The van der Waals surface area contributed by atoms with E-state index in [0.717, 1.165) is 17.7 Å². The maximum Gasteiger partial charge on any atom is 0.230 e. The molecule has 6 nitrogen and oxygen atoms in total. The molecule has 1 aromatic carbocycles. The van der Waals surface area contributed by atoms with Gasteiger partial charge in [-0.05, 0) is 19.1 Å². The highest BCUT2D eigenvalue weighted by Crippen LogP contribution is 2.22. The molecule has 1 aliphatic rings. The summed E-state index contributed by atoms with van der Waals surface area (Å²) in [6.07, 6.45) is 1.03. The Labute approximate surface area is 134 Å². The van der Waals surface area contributed by atoms with Gasteiger partial charge in [0.05, 0.1) is 12.1 Å². The molecule has 0 aliphatic carbocycles. The number of rotatable bonds is 4. The fraction of sp³-hybridized carbons (Fsp3) is 0.353. The smallest absolute Gasteiger partial charge is 0.230 e. The van der Waals surface area contributed by atoms with E-state index >= 15 is 0 Å². The van der Waals surface area contributed by atoms with Gasteiger partial charge in [0.2, 0.25) is 18.2 Å². The Balaban J connectivity index is 1.67. The van der Waals surface area contributed by atoms with Crippen molar-refractivity contribution in [1.29, 1.82) is 0 Å². The number of hydrogen-bond acceptors (Lipinski definition) is 4. The van der Waals surface area contributed by atoms with Gasteiger partial charge < -0.3 is 14.2 Å². The highest BCUT2D eigenvalue weighted by atomic mass is 16.4. The maximum atomic E-state index is 12.4. The van der Waals surface area contributed by atoms with Crippen molar-refractivity contribution in [2.75, 3.05) is 26.2 Å². The van der Waals surface area contributed by atoms with E-state index in [9.17, 15) is 9.59 Å². The number of aryl methyl sites for hydroxylation is 1. The molecule has 0 unspecified atom stereocenters. The zero-order chi connectivity index (χ0) is 16.2. The number of oxazole rings is 1. The molecule has 6 heteroatoms. The summed E-state index contributed by atoms with van der Waals surface area (Å²) in [5.74, 6) is 1.15. The lowest BCUT2D eigenvalue weighted by Gasteiger charge is -2.32. The number of aromatic nitrogens is 1. The van der Waals surface area contributed by atoms with Gasteiger partial charge in [-0.3, -0.25) is 9.59 Å². The van der Waals surface area contributed by atoms with Crippen LogP contribution in [0.3, 0.4) is 0 Å². The lowest BCUT2D eigenvalue weighted by atomic mass is 10.2. The monoisotopic (exact) mass is 313 g/mol. The second kappa shape index (κ2) is 6.64. The van der Waals surface area contributed by atoms with Gasteiger partial charge in [0.15, 0.2) is 0 Å². The summed E-state index contributed by atoms with van der Waals surface area (Å²) in [5.41, 5.74) is 1.64. The second-order valence-corrected chi connectivity index (χ2v) is 5.59. The van der Waals surface area contributed by atoms with Gasteiger partial charge >= 0.3 is 0 Å². The van der Waals surface area contributed by atoms with Crippen LogP contribution in [-0.2, 0) is 16.0 Å². The fourth-order valence-corrected chi connectivity index (χ4v) is 2.62. The van der Waals surface area contributed by atoms with E-state index in [-0.39, 0.29) is 12.3 Å². The van der Waals surface area contributed by atoms with Gasteiger partial charge in [0, 0.05) is 31.7 Å².